The van der Waals surface area contributed by atoms with Crippen molar-refractivity contribution in [3.63, 3.8) is 0 Å². The lowest BCUT2D eigenvalue weighted by Gasteiger charge is -2.10. The second-order valence-electron chi connectivity index (χ2n) is 4.04. The Morgan fingerprint density at radius 1 is 1.20 bits per heavy atom. The molecule has 0 aliphatic carbocycles. The van der Waals surface area contributed by atoms with E-state index in [9.17, 15) is 4.79 Å². The first kappa shape index (κ1) is 14.0. The van der Waals surface area contributed by atoms with Gasteiger partial charge in [0.15, 0.2) is 0 Å². The number of hydrogen-bond donors (Lipinski definition) is 3. The highest BCUT2D eigenvalue weighted by Crippen LogP contribution is 2.23. The maximum Gasteiger partial charge on any atom is 0.323 e. The van der Waals surface area contributed by atoms with Crippen molar-refractivity contribution in [2.75, 3.05) is 23.5 Å². The Kier molecular flexibility index (Phi) is 4.32. The van der Waals surface area contributed by atoms with Crippen LogP contribution in [0.1, 0.15) is 0 Å². The highest BCUT2D eigenvalue weighted by molar-refractivity contribution is 6.31. The summed E-state index contributed by atoms with van der Waals surface area (Å²) < 4.78 is 5.08. The molecule has 2 aromatic carbocycles. The van der Waals surface area contributed by atoms with Gasteiger partial charge in [0.05, 0.1) is 18.5 Å². The topological polar surface area (TPSA) is 76.4 Å². The highest BCUT2D eigenvalue weighted by atomic mass is 35.5. The molecule has 0 spiro atoms. The zero-order chi connectivity index (χ0) is 14.5. The van der Waals surface area contributed by atoms with E-state index in [-0.39, 0.29) is 0 Å². The zero-order valence-corrected chi connectivity index (χ0v) is 11.6. The quantitative estimate of drug-likeness (QED) is 0.757. The number of ether oxygens (including phenoxy) is 1. The molecule has 0 saturated heterocycles. The van der Waals surface area contributed by atoms with E-state index in [1.165, 1.54) is 0 Å². The van der Waals surface area contributed by atoms with Crippen LogP contribution in [0.2, 0.25) is 5.02 Å². The molecule has 2 amide bonds. The summed E-state index contributed by atoms with van der Waals surface area (Å²) in [4.78, 5) is 11.9. The first-order valence-electron chi connectivity index (χ1n) is 5.85. The largest absolute Gasteiger partial charge is 0.497 e. The van der Waals surface area contributed by atoms with Gasteiger partial charge in [-0.25, -0.2) is 4.79 Å². The van der Waals surface area contributed by atoms with E-state index in [0.717, 1.165) is 0 Å². The number of benzene rings is 2. The molecule has 4 N–H and O–H groups in total. The molecule has 2 aromatic rings. The van der Waals surface area contributed by atoms with Crippen molar-refractivity contribution in [2.24, 2.45) is 0 Å². The average molecular weight is 292 g/mol. The minimum absolute atomic E-state index is 0.410. The molecule has 0 aliphatic heterocycles. The molecular formula is C14H14ClN3O2. The van der Waals surface area contributed by atoms with Crippen LogP contribution >= 0.6 is 11.6 Å². The minimum Gasteiger partial charge on any atom is -0.497 e. The lowest BCUT2D eigenvalue weighted by Crippen LogP contribution is -2.20. The number of nitrogens with two attached hydrogens (primary N) is 1. The summed E-state index contributed by atoms with van der Waals surface area (Å²) in [6.45, 7) is 0. The van der Waals surface area contributed by atoms with Crippen LogP contribution in [0.4, 0.5) is 21.9 Å². The molecule has 2 rings (SSSR count). The summed E-state index contributed by atoms with van der Waals surface area (Å²) in [5.41, 5.74) is 7.27. The third kappa shape index (κ3) is 3.55. The number of rotatable bonds is 3. The first-order chi connectivity index (χ1) is 9.58. The first-order valence-corrected chi connectivity index (χ1v) is 6.23. The molecule has 5 nitrogen and oxygen atoms in total. The third-order valence-corrected chi connectivity index (χ3v) is 2.83. The zero-order valence-electron chi connectivity index (χ0n) is 10.8. The number of carbonyl (C=O) groups is 1. The van der Waals surface area contributed by atoms with Gasteiger partial charge < -0.3 is 21.1 Å². The fraction of sp³-hybridized carbons (Fsp3) is 0.0714. The Labute approximate surface area is 121 Å². The average Bonchev–Trinajstić information content (AvgIpc) is 2.43. The predicted molar refractivity (Wildman–Crippen MR) is 81.5 cm³/mol. The van der Waals surface area contributed by atoms with E-state index in [0.29, 0.717) is 27.8 Å². The minimum atomic E-state index is -0.410. The van der Waals surface area contributed by atoms with Gasteiger partial charge in [-0.2, -0.15) is 0 Å². The molecule has 0 aliphatic rings. The fourth-order valence-corrected chi connectivity index (χ4v) is 1.79. The van der Waals surface area contributed by atoms with E-state index in [1.807, 2.05) is 0 Å². The van der Waals surface area contributed by atoms with Crippen LogP contribution in [0.5, 0.6) is 5.75 Å². The van der Waals surface area contributed by atoms with Crippen molar-refractivity contribution < 1.29 is 9.53 Å². The second kappa shape index (κ2) is 6.16. The fourth-order valence-electron chi connectivity index (χ4n) is 1.62. The molecule has 0 unspecified atom stereocenters. The Balaban J connectivity index is 2.07. The summed E-state index contributed by atoms with van der Waals surface area (Å²) in [6.07, 6.45) is 0. The van der Waals surface area contributed by atoms with Crippen LogP contribution < -0.4 is 21.1 Å². The second-order valence-corrected chi connectivity index (χ2v) is 4.48. The highest BCUT2D eigenvalue weighted by Gasteiger charge is 2.06. The van der Waals surface area contributed by atoms with Crippen LogP contribution in [0.3, 0.4) is 0 Å². The number of halogens is 1. The number of amides is 2. The molecule has 0 fully saturated rings. The van der Waals surface area contributed by atoms with E-state index in [2.05, 4.69) is 10.6 Å². The molecule has 0 aromatic heterocycles. The lowest BCUT2D eigenvalue weighted by atomic mass is 10.2. The van der Waals surface area contributed by atoms with Gasteiger partial charge in [-0.3, -0.25) is 0 Å². The molecule has 6 heteroatoms. The van der Waals surface area contributed by atoms with Gasteiger partial charge in [0, 0.05) is 16.8 Å². The number of hydrogen-bond acceptors (Lipinski definition) is 3. The number of methoxy groups -OCH3 is 1. The Morgan fingerprint density at radius 3 is 2.75 bits per heavy atom. The molecule has 0 radical (unpaired) electrons. The van der Waals surface area contributed by atoms with E-state index in [1.54, 1.807) is 49.6 Å². The monoisotopic (exact) mass is 291 g/mol. The molecule has 0 saturated carbocycles. The number of nitrogen functional groups attached to an aromatic ring is 1. The van der Waals surface area contributed by atoms with Gasteiger partial charge in [0.2, 0.25) is 0 Å². The van der Waals surface area contributed by atoms with Crippen molar-refractivity contribution in [3.05, 3.63) is 47.5 Å². The van der Waals surface area contributed by atoms with E-state index < -0.39 is 6.03 Å². The number of nitrogens with one attached hydrogen (secondary N) is 2. The summed E-state index contributed by atoms with van der Waals surface area (Å²) in [5.74, 6) is 0.657. The van der Waals surface area contributed by atoms with E-state index in [4.69, 9.17) is 22.1 Å². The van der Waals surface area contributed by atoms with Gasteiger partial charge in [-0.15, -0.1) is 0 Å². The molecule has 0 atom stereocenters. The summed E-state index contributed by atoms with van der Waals surface area (Å²) in [5, 5.41) is 5.82. The van der Waals surface area contributed by atoms with Gasteiger partial charge in [-0.1, -0.05) is 17.7 Å². The van der Waals surface area contributed by atoms with Crippen molar-refractivity contribution in [2.45, 2.75) is 0 Å². The normalized spacial score (nSPS) is 9.90. The van der Waals surface area contributed by atoms with Crippen LogP contribution in [0, 0.1) is 0 Å². The Hall–Kier alpha value is -2.40. The Bertz CT molecular complexity index is 632. The SMILES string of the molecule is COc1cccc(NC(=O)Nc2cc(Cl)ccc2N)c1. The van der Waals surface area contributed by atoms with Gasteiger partial charge in [0.1, 0.15) is 5.75 Å². The maximum atomic E-state index is 11.9. The van der Waals surface area contributed by atoms with Crippen LogP contribution in [-0.4, -0.2) is 13.1 Å². The van der Waals surface area contributed by atoms with Crippen LogP contribution in [0.25, 0.3) is 0 Å². The molecular weight excluding hydrogens is 278 g/mol. The van der Waals surface area contributed by atoms with Crippen LogP contribution in [0.15, 0.2) is 42.5 Å². The number of urea groups is 1. The third-order valence-electron chi connectivity index (χ3n) is 2.59. The van der Waals surface area contributed by atoms with Crippen molar-refractivity contribution >= 4 is 34.7 Å². The van der Waals surface area contributed by atoms with Gasteiger partial charge in [-0.05, 0) is 30.3 Å². The summed E-state index contributed by atoms with van der Waals surface area (Å²) >= 11 is 5.86. The van der Waals surface area contributed by atoms with Crippen LogP contribution in [-0.2, 0) is 0 Å². The van der Waals surface area contributed by atoms with Gasteiger partial charge >= 0.3 is 6.03 Å². The molecule has 20 heavy (non-hydrogen) atoms. The van der Waals surface area contributed by atoms with Crippen molar-refractivity contribution in [1.29, 1.82) is 0 Å². The predicted octanol–water partition coefficient (Wildman–Crippen LogP) is 3.57. The molecule has 0 heterocycles. The number of carbonyl (C=O) groups excluding carboxylic acids is 1. The number of anilines is 3. The standard InChI is InChI=1S/C14H14ClN3O2/c1-20-11-4-2-3-10(8-11)17-14(19)18-13-7-9(15)5-6-12(13)16/h2-8H,16H2,1H3,(H2,17,18,19). The lowest BCUT2D eigenvalue weighted by molar-refractivity contribution is 0.262. The van der Waals surface area contributed by atoms with E-state index >= 15 is 0 Å². The summed E-state index contributed by atoms with van der Waals surface area (Å²) in [7, 11) is 1.56. The van der Waals surface area contributed by atoms with Gasteiger partial charge in [0.25, 0.3) is 0 Å². The Morgan fingerprint density at radius 2 is 2.00 bits per heavy atom. The molecule has 104 valence electrons. The summed E-state index contributed by atoms with van der Waals surface area (Å²) in [6, 6.07) is 11.5. The smallest absolute Gasteiger partial charge is 0.323 e. The van der Waals surface area contributed by atoms with Crippen molar-refractivity contribution in [3.8, 4) is 5.75 Å². The van der Waals surface area contributed by atoms with Crippen molar-refractivity contribution in [1.82, 2.24) is 0 Å². The maximum absolute atomic E-state index is 11.9. The molecule has 0 bridgehead atoms.